The zero-order valence-corrected chi connectivity index (χ0v) is 23.2. The summed E-state index contributed by atoms with van der Waals surface area (Å²) in [5, 5.41) is 2.09. The number of rotatable bonds is 10. The Labute approximate surface area is 225 Å². The van der Waals surface area contributed by atoms with Gasteiger partial charge in [0.15, 0.2) is 0 Å². The van der Waals surface area contributed by atoms with E-state index in [4.69, 9.17) is 4.74 Å². The van der Waals surface area contributed by atoms with Gasteiger partial charge >= 0.3 is 0 Å². The van der Waals surface area contributed by atoms with Crippen molar-refractivity contribution in [2.75, 3.05) is 26.2 Å². The number of carbonyl (C=O) groups is 2. The van der Waals surface area contributed by atoms with Gasteiger partial charge < -0.3 is 14.5 Å². The number of benzene rings is 2. The van der Waals surface area contributed by atoms with Crippen LogP contribution in [0, 0.1) is 5.92 Å². The number of ether oxygens (including phenoxy) is 1. The molecule has 6 heteroatoms. The van der Waals surface area contributed by atoms with Crippen molar-refractivity contribution in [2.24, 2.45) is 5.92 Å². The number of hydrogen-bond donors (Lipinski definition) is 0. The number of fused-ring (bicyclic) bond motifs is 1. The maximum absolute atomic E-state index is 13.8. The molecule has 0 aliphatic carbocycles. The van der Waals surface area contributed by atoms with Crippen LogP contribution in [0.15, 0.2) is 66.0 Å². The molecule has 0 N–H and O–H groups in total. The smallest absolute Gasteiger partial charge is 0.254 e. The second-order valence-electron chi connectivity index (χ2n) is 10.3. The lowest BCUT2D eigenvalue weighted by molar-refractivity contribution is -0.135. The predicted molar refractivity (Wildman–Crippen MR) is 150 cm³/mol. The van der Waals surface area contributed by atoms with E-state index in [9.17, 15) is 9.59 Å². The summed E-state index contributed by atoms with van der Waals surface area (Å²) in [6, 6.07) is 19.4. The fraction of sp³-hybridized carbons (Fsp3) is 0.419. The summed E-state index contributed by atoms with van der Waals surface area (Å²) in [5.41, 5.74) is 3.04. The molecule has 196 valence electrons. The lowest BCUT2D eigenvalue weighted by Gasteiger charge is -2.37. The first-order valence-corrected chi connectivity index (χ1v) is 14.2. The van der Waals surface area contributed by atoms with Gasteiger partial charge in [-0.1, -0.05) is 64.4 Å². The van der Waals surface area contributed by atoms with Crippen molar-refractivity contribution < 1.29 is 14.3 Å². The van der Waals surface area contributed by atoms with Crippen LogP contribution in [0.5, 0.6) is 5.75 Å². The van der Waals surface area contributed by atoms with Crippen molar-refractivity contribution in [1.29, 1.82) is 0 Å². The Morgan fingerprint density at radius 1 is 1.05 bits per heavy atom. The van der Waals surface area contributed by atoms with E-state index < -0.39 is 0 Å². The summed E-state index contributed by atoms with van der Waals surface area (Å²) in [6.07, 6.45) is 1.77. The molecule has 0 fully saturated rings. The molecular formula is C31H38N2O3S. The Hall–Kier alpha value is -3.12. The normalized spacial score (nSPS) is 15.8. The van der Waals surface area contributed by atoms with Gasteiger partial charge in [0.2, 0.25) is 5.91 Å². The molecule has 2 atom stereocenters. The zero-order valence-electron chi connectivity index (χ0n) is 22.4. The van der Waals surface area contributed by atoms with Crippen molar-refractivity contribution in [2.45, 2.75) is 52.5 Å². The lowest BCUT2D eigenvalue weighted by atomic mass is 10.00. The van der Waals surface area contributed by atoms with E-state index in [1.54, 1.807) is 16.2 Å². The molecule has 0 saturated carbocycles. The summed E-state index contributed by atoms with van der Waals surface area (Å²) in [7, 11) is 0. The van der Waals surface area contributed by atoms with Gasteiger partial charge in [-0.15, -0.1) is 11.3 Å². The Balaban J connectivity index is 1.52. The summed E-state index contributed by atoms with van der Waals surface area (Å²) in [5.74, 6) is 1.44. The van der Waals surface area contributed by atoms with Crippen LogP contribution < -0.4 is 4.74 Å². The first kappa shape index (κ1) is 26.9. The van der Waals surface area contributed by atoms with E-state index in [2.05, 4.69) is 51.3 Å². The Kier molecular flexibility index (Phi) is 9.04. The lowest BCUT2D eigenvalue weighted by Crippen LogP contribution is -2.48. The summed E-state index contributed by atoms with van der Waals surface area (Å²) < 4.78 is 6.22. The molecular weight excluding hydrogens is 480 g/mol. The summed E-state index contributed by atoms with van der Waals surface area (Å²) >= 11 is 1.74. The minimum atomic E-state index is -0.176. The fourth-order valence-corrected chi connectivity index (χ4v) is 5.67. The highest BCUT2D eigenvalue weighted by Gasteiger charge is 2.34. The van der Waals surface area contributed by atoms with Crippen LogP contribution in [0.1, 0.15) is 72.4 Å². The SMILES string of the molecule is CC[C@H](C)CN(CC(=O)N1CCc2sccc2[C@H]1COc1ccc(C(C)C)cc1)C(=O)c1ccccc1. The van der Waals surface area contributed by atoms with Crippen molar-refractivity contribution in [3.63, 3.8) is 0 Å². The molecule has 0 saturated heterocycles. The molecule has 4 rings (SSSR count). The van der Waals surface area contributed by atoms with E-state index in [0.717, 1.165) is 24.2 Å². The Morgan fingerprint density at radius 3 is 2.46 bits per heavy atom. The van der Waals surface area contributed by atoms with Crippen molar-refractivity contribution in [3.8, 4) is 5.75 Å². The van der Waals surface area contributed by atoms with Crippen LogP contribution in [0.2, 0.25) is 0 Å². The van der Waals surface area contributed by atoms with Crippen LogP contribution in [0.3, 0.4) is 0 Å². The van der Waals surface area contributed by atoms with Gasteiger partial charge in [-0.2, -0.15) is 0 Å². The number of amides is 2. The van der Waals surface area contributed by atoms with Crippen LogP contribution in [-0.4, -0.2) is 47.9 Å². The molecule has 2 heterocycles. The molecule has 3 aromatic rings. The van der Waals surface area contributed by atoms with Crippen LogP contribution in [0.25, 0.3) is 0 Å². The molecule has 0 bridgehead atoms. The second kappa shape index (κ2) is 12.4. The quantitative estimate of drug-likeness (QED) is 0.305. The maximum Gasteiger partial charge on any atom is 0.254 e. The monoisotopic (exact) mass is 518 g/mol. The molecule has 0 radical (unpaired) electrons. The molecule has 2 aromatic carbocycles. The molecule has 37 heavy (non-hydrogen) atoms. The van der Waals surface area contributed by atoms with E-state index in [-0.39, 0.29) is 24.4 Å². The average molecular weight is 519 g/mol. The molecule has 1 aliphatic rings. The van der Waals surface area contributed by atoms with E-state index in [0.29, 0.717) is 37.1 Å². The van der Waals surface area contributed by atoms with Crippen LogP contribution >= 0.6 is 11.3 Å². The second-order valence-corrected chi connectivity index (χ2v) is 11.3. The summed E-state index contributed by atoms with van der Waals surface area (Å²) in [6.45, 7) is 10.2. The fourth-order valence-electron chi connectivity index (χ4n) is 4.74. The third kappa shape index (κ3) is 6.61. The zero-order chi connectivity index (χ0) is 26.4. The van der Waals surface area contributed by atoms with E-state index in [1.165, 1.54) is 10.4 Å². The van der Waals surface area contributed by atoms with E-state index >= 15 is 0 Å². The molecule has 0 unspecified atom stereocenters. The first-order chi connectivity index (χ1) is 17.9. The number of thiophene rings is 1. The molecule has 1 aliphatic heterocycles. The highest BCUT2D eigenvalue weighted by molar-refractivity contribution is 7.10. The largest absolute Gasteiger partial charge is 0.491 e. The van der Waals surface area contributed by atoms with Crippen molar-refractivity contribution in [1.82, 2.24) is 9.80 Å². The predicted octanol–water partition coefficient (Wildman–Crippen LogP) is 6.56. The molecule has 2 amide bonds. The van der Waals surface area contributed by atoms with Gasteiger partial charge in [-0.25, -0.2) is 0 Å². The highest BCUT2D eigenvalue weighted by atomic mass is 32.1. The highest BCUT2D eigenvalue weighted by Crippen LogP contribution is 2.34. The minimum absolute atomic E-state index is 0.0341. The van der Waals surface area contributed by atoms with E-state index in [1.807, 2.05) is 47.4 Å². The average Bonchev–Trinajstić information content (AvgIpc) is 3.40. The van der Waals surface area contributed by atoms with Gasteiger partial charge in [0.1, 0.15) is 18.9 Å². The third-order valence-corrected chi connectivity index (χ3v) is 8.23. The third-order valence-electron chi connectivity index (χ3n) is 7.23. The minimum Gasteiger partial charge on any atom is -0.491 e. The Bertz CT molecular complexity index is 1170. The first-order valence-electron chi connectivity index (χ1n) is 13.3. The van der Waals surface area contributed by atoms with Crippen molar-refractivity contribution in [3.05, 3.63) is 87.6 Å². The molecule has 5 nitrogen and oxygen atoms in total. The standard InChI is InChI=1S/C31H38N2O3S/c1-5-23(4)19-32(31(35)25-9-7-6-8-10-25)20-30(34)33-17-15-29-27(16-18-37-29)28(33)21-36-26-13-11-24(12-14-26)22(2)3/h6-14,16,18,22-23,28H,5,15,17,19-21H2,1-4H3/t23-,28+/m0/s1. The topological polar surface area (TPSA) is 49.9 Å². The molecule has 1 aromatic heterocycles. The van der Waals surface area contributed by atoms with Crippen LogP contribution in [0.4, 0.5) is 0 Å². The maximum atomic E-state index is 13.8. The number of carbonyl (C=O) groups excluding carboxylic acids is 2. The van der Waals surface area contributed by atoms with Gasteiger partial charge in [-0.3, -0.25) is 9.59 Å². The Morgan fingerprint density at radius 2 is 1.78 bits per heavy atom. The van der Waals surface area contributed by atoms with Gasteiger partial charge in [-0.05, 0) is 65.1 Å². The van der Waals surface area contributed by atoms with Crippen LogP contribution in [-0.2, 0) is 11.2 Å². The number of nitrogens with zero attached hydrogens (tertiary/aromatic N) is 2. The van der Waals surface area contributed by atoms with Gasteiger partial charge in [0.25, 0.3) is 5.91 Å². The van der Waals surface area contributed by atoms with Gasteiger partial charge in [0.05, 0.1) is 6.04 Å². The number of hydrogen-bond acceptors (Lipinski definition) is 4. The van der Waals surface area contributed by atoms with Crippen molar-refractivity contribution >= 4 is 23.2 Å². The molecule has 0 spiro atoms. The van der Waals surface area contributed by atoms with Gasteiger partial charge in [0, 0.05) is 23.5 Å². The summed E-state index contributed by atoms with van der Waals surface area (Å²) in [4.78, 5) is 32.1.